The second-order valence-electron chi connectivity index (χ2n) is 5.10. The summed E-state index contributed by atoms with van der Waals surface area (Å²) in [5.74, 6) is -2.27. The number of nitrogens with one attached hydrogen (secondary N) is 2. The van der Waals surface area contributed by atoms with Gasteiger partial charge >= 0.3 is 12.1 Å². The SMILES string of the molecule is CC(C)(C)/C=C/C(=O)NCCCNC(=O)C(F)(F)F. The summed E-state index contributed by atoms with van der Waals surface area (Å²) in [6.45, 7) is 5.86. The molecule has 0 atom stereocenters. The third kappa shape index (κ3) is 10.1. The molecule has 110 valence electrons. The summed E-state index contributed by atoms with van der Waals surface area (Å²) in [6, 6.07) is 0. The number of allylic oxidation sites excluding steroid dienone is 1. The van der Waals surface area contributed by atoms with Crippen molar-refractivity contribution in [3.8, 4) is 0 Å². The van der Waals surface area contributed by atoms with Crippen LogP contribution in [0.25, 0.3) is 0 Å². The Morgan fingerprint density at radius 3 is 2.05 bits per heavy atom. The number of alkyl halides is 3. The van der Waals surface area contributed by atoms with Crippen molar-refractivity contribution in [1.82, 2.24) is 10.6 Å². The van der Waals surface area contributed by atoms with Gasteiger partial charge in [-0.3, -0.25) is 9.59 Å². The lowest BCUT2D eigenvalue weighted by Gasteiger charge is -2.11. The second kappa shape index (κ2) is 7.16. The van der Waals surface area contributed by atoms with E-state index in [2.05, 4.69) is 5.32 Å². The molecule has 0 heterocycles. The zero-order valence-electron chi connectivity index (χ0n) is 11.2. The smallest absolute Gasteiger partial charge is 0.352 e. The fourth-order valence-corrected chi connectivity index (χ4v) is 0.987. The van der Waals surface area contributed by atoms with Crippen molar-refractivity contribution in [3.63, 3.8) is 0 Å². The highest BCUT2D eigenvalue weighted by molar-refractivity contribution is 5.87. The van der Waals surface area contributed by atoms with E-state index in [1.54, 1.807) is 11.4 Å². The number of hydrogen-bond donors (Lipinski definition) is 2. The van der Waals surface area contributed by atoms with Crippen LogP contribution in [0.1, 0.15) is 27.2 Å². The van der Waals surface area contributed by atoms with E-state index in [4.69, 9.17) is 0 Å². The van der Waals surface area contributed by atoms with E-state index < -0.39 is 12.1 Å². The van der Waals surface area contributed by atoms with Gasteiger partial charge in [0.25, 0.3) is 0 Å². The average molecular weight is 280 g/mol. The summed E-state index contributed by atoms with van der Waals surface area (Å²) in [6.07, 6.45) is -1.52. The Bertz CT molecular complexity index is 344. The minimum Gasteiger partial charge on any atom is -0.352 e. The van der Waals surface area contributed by atoms with E-state index in [1.165, 1.54) is 6.08 Å². The normalized spacial score (nSPS) is 12.5. The van der Waals surface area contributed by atoms with Crippen LogP contribution in [0.2, 0.25) is 0 Å². The molecule has 19 heavy (non-hydrogen) atoms. The first-order valence-electron chi connectivity index (χ1n) is 5.84. The Morgan fingerprint density at radius 2 is 1.58 bits per heavy atom. The van der Waals surface area contributed by atoms with Crippen molar-refractivity contribution < 1.29 is 22.8 Å². The van der Waals surface area contributed by atoms with E-state index >= 15 is 0 Å². The minimum atomic E-state index is -4.86. The van der Waals surface area contributed by atoms with Gasteiger partial charge in [0, 0.05) is 13.1 Å². The van der Waals surface area contributed by atoms with E-state index in [1.807, 2.05) is 20.8 Å². The molecule has 0 aromatic heterocycles. The van der Waals surface area contributed by atoms with Crippen LogP contribution in [0.15, 0.2) is 12.2 Å². The van der Waals surface area contributed by atoms with Gasteiger partial charge in [-0.15, -0.1) is 0 Å². The topological polar surface area (TPSA) is 58.2 Å². The highest BCUT2D eigenvalue weighted by atomic mass is 19.4. The van der Waals surface area contributed by atoms with Crippen LogP contribution in [-0.4, -0.2) is 31.1 Å². The van der Waals surface area contributed by atoms with Gasteiger partial charge in [-0.2, -0.15) is 13.2 Å². The molecular weight excluding hydrogens is 261 g/mol. The van der Waals surface area contributed by atoms with Crippen molar-refractivity contribution in [2.45, 2.75) is 33.4 Å². The second-order valence-corrected chi connectivity index (χ2v) is 5.10. The molecule has 0 rings (SSSR count). The molecule has 0 saturated carbocycles. The van der Waals surface area contributed by atoms with Crippen molar-refractivity contribution in [1.29, 1.82) is 0 Å². The van der Waals surface area contributed by atoms with Gasteiger partial charge in [-0.1, -0.05) is 26.8 Å². The summed E-state index contributed by atoms with van der Waals surface area (Å²) in [5, 5.41) is 4.23. The maximum absolute atomic E-state index is 11.8. The first-order valence-corrected chi connectivity index (χ1v) is 5.84. The maximum atomic E-state index is 11.8. The van der Waals surface area contributed by atoms with Crippen LogP contribution in [0.5, 0.6) is 0 Å². The quantitative estimate of drug-likeness (QED) is 0.595. The zero-order valence-corrected chi connectivity index (χ0v) is 11.2. The zero-order chi connectivity index (χ0) is 15.1. The molecule has 0 saturated heterocycles. The van der Waals surface area contributed by atoms with Gasteiger partial charge in [-0.05, 0) is 17.9 Å². The molecule has 0 radical (unpaired) electrons. The Morgan fingerprint density at radius 1 is 1.05 bits per heavy atom. The van der Waals surface area contributed by atoms with Crippen LogP contribution in [0, 0.1) is 5.41 Å². The highest BCUT2D eigenvalue weighted by Crippen LogP contribution is 2.14. The van der Waals surface area contributed by atoms with Crippen LogP contribution in [0.3, 0.4) is 0 Å². The molecule has 0 aromatic carbocycles. The molecule has 0 unspecified atom stereocenters. The number of hydrogen-bond acceptors (Lipinski definition) is 2. The minimum absolute atomic E-state index is 0.113. The lowest BCUT2D eigenvalue weighted by Crippen LogP contribution is -2.38. The van der Waals surface area contributed by atoms with Gasteiger partial charge in [0.2, 0.25) is 5.91 Å². The third-order valence-corrected chi connectivity index (χ3v) is 1.93. The van der Waals surface area contributed by atoms with Crippen molar-refractivity contribution in [2.75, 3.05) is 13.1 Å². The number of carbonyl (C=O) groups excluding carboxylic acids is 2. The largest absolute Gasteiger partial charge is 0.471 e. The maximum Gasteiger partial charge on any atom is 0.471 e. The van der Waals surface area contributed by atoms with E-state index in [0.29, 0.717) is 0 Å². The average Bonchev–Trinajstić information content (AvgIpc) is 2.23. The Hall–Kier alpha value is -1.53. The van der Waals surface area contributed by atoms with Crippen molar-refractivity contribution in [3.05, 3.63) is 12.2 Å². The number of rotatable bonds is 5. The summed E-state index contributed by atoms with van der Waals surface area (Å²) in [7, 11) is 0. The first kappa shape index (κ1) is 17.5. The summed E-state index contributed by atoms with van der Waals surface area (Å²) >= 11 is 0. The molecule has 0 bridgehead atoms. The molecular formula is C12H19F3N2O2. The Balaban J connectivity index is 3.74. The summed E-state index contributed by atoms with van der Waals surface area (Å²) in [4.78, 5) is 21.7. The molecule has 0 fully saturated rings. The standard InChI is InChI=1S/C12H19F3N2O2/c1-11(2,3)6-5-9(18)16-7-4-8-17-10(19)12(13,14)15/h5-6H,4,7-8H2,1-3H3,(H,16,18)(H,17,19)/b6-5+. The van der Waals surface area contributed by atoms with Gasteiger partial charge in [-0.25, -0.2) is 0 Å². The van der Waals surface area contributed by atoms with Gasteiger partial charge in [0.05, 0.1) is 0 Å². The molecule has 7 heteroatoms. The molecule has 2 amide bonds. The van der Waals surface area contributed by atoms with E-state index in [-0.39, 0.29) is 30.8 Å². The Kier molecular flexibility index (Phi) is 6.58. The number of carbonyl (C=O) groups is 2. The molecule has 0 aliphatic carbocycles. The van der Waals surface area contributed by atoms with Crippen LogP contribution < -0.4 is 10.6 Å². The monoisotopic (exact) mass is 280 g/mol. The highest BCUT2D eigenvalue weighted by Gasteiger charge is 2.38. The fourth-order valence-electron chi connectivity index (χ4n) is 0.987. The van der Waals surface area contributed by atoms with Crippen LogP contribution >= 0.6 is 0 Å². The predicted octanol–water partition coefficient (Wildman–Crippen LogP) is 1.77. The number of halogens is 3. The van der Waals surface area contributed by atoms with E-state index in [0.717, 1.165) is 0 Å². The van der Waals surface area contributed by atoms with Gasteiger partial charge in [0.1, 0.15) is 0 Å². The molecule has 4 nitrogen and oxygen atoms in total. The van der Waals surface area contributed by atoms with Gasteiger partial charge < -0.3 is 10.6 Å². The van der Waals surface area contributed by atoms with Gasteiger partial charge in [0.15, 0.2) is 0 Å². The van der Waals surface area contributed by atoms with Crippen LogP contribution in [0.4, 0.5) is 13.2 Å². The fraction of sp³-hybridized carbons (Fsp3) is 0.667. The third-order valence-electron chi connectivity index (χ3n) is 1.93. The summed E-state index contributed by atoms with van der Waals surface area (Å²) in [5.41, 5.74) is -0.113. The predicted molar refractivity (Wildman–Crippen MR) is 65.3 cm³/mol. The first-order chi connectivity index (χ1) is 8.52. The molecule has 0 aliphatic heterocycles. The molecule has 0 aliphatic rings. The van der Waals surface area contributed by atoms with E-state index in [9.17, 15) is 22.8 Å². The number of amides is 2. The molecule has 2 N–H and O–H groups in total. The molecule has 0 aromatic rings. The van der Waals surface area contributed by atoms with Crippen molar-refractivity contribution >= 4 is 11.8 Å². The lowest BCUT2D eigenvalue weighted by atomic mass is 9.96. The van der Waals surface area contributed by atoms with Crippen molar-refractivity contribution in [2.24, 2.45) is 5.41 Å². The molecule has 0 spiro atoms. The Labute approximate surface area is 110 Å². The lowest BCUT2D eigenvalue weighted by molar-refractivity contribution is -0.173. The summed E-state index contributed by atoms with van der Waals surface area (Å²) < 4.78 is 35.4. The van der Waals surface area contributed by atoms with Crippen LogP contribution in [-0.2, 0) is 9.59 Å².